The molecule has 32 valence electrons. The summed E-state index contributed by atoms with van der Waals surface area (Å²) in [6, 6.07) is 0. The first kappa shape index (κ1) is 42.4. The fourth-order valence-corrected chi connectivity index (χ4v) is 0. The zero-order valence-corrected chi connectivity index (χ0v) is 5.61. The van der Waals surface area contributed by atoms with Crippen LogP contribution in [0.1, 0.15) is 0 Å². The summed E-state index contributed by atoms with van der Waals surface area (Å²) in [7, 11) is 0. The third-order valence-corrected chi connectivity index (χ3v) is 0. The Labute approximate surface area is 61.4 Å². The van der Waals surface area contributed by atoms with E-state index in [1.807, 2.05) is 0 Å². The van der Waals surface area contributed by atoms with Crippen molar-refractivity contribution in [3.05, 3.63) is 0 Å². The molecule has 0 rings (SSSR count). The molecule has 0 bridgehead atoms. The normalized spacial score (nSPS) is 0. The average molecular weight is 205 g/mol. The van der Waals surface area contributed by atoms with E-state index < -0.39 is 0 Å². The van der Waals surface area contributed by atoms with Crippen LogP contribution in [0.2, 0.25) is 0 Å². The Morgan fingerprint density at radius 2 is 1.00 bits per heavy atom. The van der Waals surface area contributed by atoms with Gasteiger partial charge in [-0.15, -0.1) is 0 Å². The molecule has 0 fully saturated rings. The van der Waals surface area contributed by atoms with Crippen molar-refractivity contribution in [3.8, 4) is 0 Å². The van der Waals surface area contributed by atoms with E-state index in [-0.39, 0.29) is 61.6 Å². The molecule has 0 spiro atoms. The second-order valence-electron chi connectivity index (χ2n) is 0. The van der Waals surface area contributed by atoms with E-state index in [9.17, 15) is 0 Å². The van der Waals surface area contributed by atoms with Crippen LogP contribution in [0.25, 0.3) is 0 Å². The van der Waals surface area contributed by atoms with Crippen molar-refractivity contribution in [2.24, 2.45) is 0 Å². The number of hydrogen-bond acceptors (Lipinski definition) is 0. The molecule has 0 heterocycles. The molecule has 0 aromatic heterocycles. The second kappa shape index (κ2) is 21.8. The van der Waals surface area contributed by atoms with Crippen molar-refractivity contribution >= 4 is 11.0 Å². The van der Waals surface area contributed by atoms with Gasteiger partial charge in [0.25, 0.3) is 0 Å². The maximum atomic E-state index is 0. The van der Waals surface area contributed by atoms with Gasteiger partial charge >= 0.3 is 0 Å². The van der Waals surface area contributed by atoms with Crippen molar-refractivity contribution < 1.29 is 50.6 Å². The van der Waals surface area contributed by atoms with Crippen molar-refractivity contribution in [2.45, 2.75) is 0 Å². The molecule has 0 unspecified atom stereocenters. The molecule has 0 saturated heterocycles. The fraction of sp³-hybridized carbons (Fsp3) is 0. The predicted molar refractivity (Wildman–Crippen MR) is 5.75 cm³/mol. The monoisotopic (exact) mass is 204 g/mol. The zero-order chi connectivity index (χ0) is 0. The van der Waals surface area contributed by atoms with E-state index in [4.69, 9.17) is 0 Å². The summed E-state index contributed by atoms with van der Waals surface area (Å²) in [5.41, 5.74) is 0. The van der Waals surface area contributed by atoms with Crippen molar-refractivity contribution in [1.82, 2.24) is 0 Å². The standard InChI is InChI=1S/Cu.Mn.Ni.Si. The van der Waals surface area contributed by atoms with E-state index in [1.54, 1.807) is 0 Å². The van der Waals surface area contributed by atoms with Gasteiger partial charge < -0.3 is 0 Å². The summed E-state index contributed by atoms with van der Waals surface area (Å²) in [6.45, 7) is 0. The molecule has 0 atom stereocenters. The van der Waals surface area contributed by atoms with Gasteiger partial charge in [0.2, 0.25) is 0 Å². The number of rotatable bonds is 0. The minimum Gasteiger partial charge on any atom is 0 e. The molecule has 0 aliphatic carbocycles. The van der Waals surface area contributed by atoms with E-state index in [2.05, 4.69) is 0 Å². The summed E-state index contributed by atoms with van der Waals surface area (Å²) in [6.07, 6.45) is 0. The van der Waals surface area contributed by atoms with Gasteiger partial charge in [0, 0.05) is 61.6 Å². The Morgan fingerprint density at radius 1 is 1.00 bits per heavy atom. The molecule has 0 saturated carbocycles. The van der Waals surface area contributed by atoms with Crippen LogP contribution in [0.5, 0.6) is 0 Å². The Morgan fingerprint density at radius 3 is 1.00 bits per heavy atom. The molecule has 6 radical (unpaired) electrons. The summed E-state index contributed by atoms with van der Waals surface area (Å²) in [5, 5.41) is 0. The first-order valence-corrected chi connectivity index (χ1v) is 0. The molecule has 4 heavy (non-hydrogen) atoms. The van der Waals surface area contributed by atoms with Gasteiger partial charge in [-0.1, -0.05) is 0 Å². The molecule has 0 amide bonds. The molecule has 0 aromatic rings. The summed E-state index contributed by atoms with van der Waals surface area (Å²) in [4.78, 5) is 0. The average Bonchev–Trinajstić information content (AvgIpc) is 0. The zero-order valence-electron chi connectivity index (χ0n) is 1.50. The maximum absolute atomic E-state index is 0. The summed E-state index contributed by atoms with van der Waals surface area (Å²) in [5.74, 6) is 0. The van der Waals surface area contributed by atoms with Crippen LogP contribution in [-0.4, -0.2) is 11.0 Å². The van der Waals surface area contributed by atoms with Crippen molar-refractivity contribution in [1.29, 1.82) is 0 Å². The quantitative estimate of drug-likeness (QED) is 0.473. The van der Waals surface area contributed by atoms with E-state index in [1.165, 1.54) is 0 Å². The van der Waals surface area contributed by atoms with Gasteiger partial charge in [-0.25, -0.2) is 0 Å². The van der Waals surface area contributed by atoms with Crippen LogP contribution in [-0.2, 0) is 50.6 Å². The van der Waals surface area contributed by atoms with Gasteiger partial charge in [-0.2, -0.15) is 0 Å². The molecule has 0 aliphatic rings. The van der Waals surface area contributed by atoms with E-state index in [0.717, 1.165) is 0 Å². The third kappa shape index (κ3) is 9.26. The molecule has 0 aliphatic heterocycles. The molecule has 0 nitrogen and oxygen atoms in total. The van der Waals surface area contributed by atoms with Gasteiger partial charge in [0.1, 0.15) is 0 Å². The third-order valence-electron chi connectivity index (χ3n) is 0. The molecule has 4 heteroatoms. The van der Waals surface area contributed by atoms with Gasteiger partial charge in [-0.3, -0.25) is 0 Å². The summed E-state index contributed by atoms with van der Waals surface area (Å²) >= 11 is 0. The van der Waals surface area contributed by atoms with Crippen LogP contribution in [0, 0.1) is 0 Å². The molecular formula is CuMnNiSi. The van der Waals surface area contributed by atoms with Crippen LogP contribution >= 0.6 is 0 Å². The maximum Gasteiger partial charge on any atom is 0 e. The van der Waals surface area contributed by atoms with Crippen LogP contribution in [0.3, 0.4) is 0 Å². The molecule has 0 N–H and O–H groups in total. The largest absolute Gasteiger partial charge is 0 e. The number of hydrogen-bond donors (Lipinski definition) is 0. The van der Waals surface area contributed by atoms with Gasteiger partial charge in [0.15, 0.2) is 0 Å². The predicted octanol–water partition coefficient (Wildman–Crippen LogP) is -0.388. The SMILES string of the molecule is [Cu].[Mn].[Ni].[Si]. The van der Waals surface area contributed by atoms with E-state index in [0.29, 0.717) is 0 Å². The Hall–Kier alpha value is 1.75. The molecule has 0 aromatic carbocycles. The first-order chi connectivity index (χ1) is 0. The minimum atomic E-state index is 0. The van der Waals surface area contributed by atoms with Crippen molar-refractivity contribution in [2.75, 3.05) is 0 Å². The molecular weight excluding hydrogens is 205 g/mol. The fourth-order valence-electron chi connectivity index (χ4n) is 0. The van der Waals surface area contributed by atoms with Crippen LogP contribution < -0.4 is 0 Å². The summed E-state index contributed by atoms with van der Waals surface area (Å²) < 4.78 is 0. The minimum absolute atomic E-state index is 0. The van der Waals surface area contributed by atoms with Crippen LogP contribution in [0.15, 0.2) is 0 Å². The van der Waals surface area contributed by atoms with Gasteiger partial charge in [0.05, 0.1) is 0 Å². The second-order valence-corrected chi connectivity index (χ2v) is 0. The Kier molecular flexibility index (Phi) is 231. The Balaban J connectivity index is 0. The Bertz CT molecular complexity index is 8.00. The van der Waals surface area contributed by atoms with Gasteiger partial charge in [-0.05, 0) is 0 Å². The smallest absolute Gasteiger partial charge is 0 e. The van der Waals surface area contributed by atoms with E-state index >= 15 is 0 Å². The van der Waals surface area contributed by atoms with Crippen LogP contribution in [0.4, 0.5) is 0 Å². The first-order valence-electron chi connectivity index (χ1n) is 0. The van der Waals surface area contributed by atoms with Crippen molar-refractivity contribution in [3.63, 3.8) is 0 Å². The topological polar surface area (TPSA) is 0 Å².